The summed E-state index contributed by atoms with van der Waals surface area (Å²) < 4.78 is 5.25. The van der Waals surface area contributed by atoms with E-state index in [1.54, 1.807) is 0 Å². The van der Waals surface area contributed by atoms with Gasteiger partial charge in [0.1, 0.15) is 0 Å². The smallest absolute Gasteiger partial charge is 0.167 e. The van der Waals surface area contributed by atoms with Gasteiger partial charge in [-0.3, -0.25) is 4.79 Å². The van der Waals surface area contributed by atoms with Crippen LogP contribution in [0, 0.1) is 0 Å². The van der Waals surface area contributed by atoms with Crippen molar-refractivity contribution in [2.75, 3.05) is 0 Å². The minimum absolute atomic E-state index is 0.168. The van der Waals surface area contributed by atoms with E-state index >= 15 is 0 Å². The van der Waals surface area contributed by atoms with Crippen LogP contribution in [0.5, 0.6) is 0 Å². The third kappa shape index (κ3) is 7.75. The normalized spacial score (nSPS) is 10.3. The molecule has 2 aromatic rings. The average Bonchev–Trinajstić information content (AvgIpc) is 2.48. The predicted molar refractivity (Wildman–Crippen MR) is 92.3 cm³/mol. The molecule has 0 amide bonds. The summed E-state index contributed by atoms with van der Waals surface area (Å²) in [5.74, 6) is 0.168. The maximum atomic E-state index is 11.8. The first-order valence-corrected chi connectivity index (χ1v) is 7.76. The minimum atomic E-state index is 0.168. The highest BCUT2D eigenvalue weighted by Crippen LogP contribution is 2.06. The second-order valence-corrected chi connectivity index (χ2v) is 5.69. The largest absolute Gasteiger partial charge is 0.376 e. The molecule has 0 unspecified atom stereocenters. The Bertz CT molecular complexity index is 524. The van der Waals surface area contributed by atoms with Gasteiger partial charge in [-0.2, -0.15) is 0 Å². The zero-order valence-electron chi connectivity index (χ0n) is 14.0. The maximum absolute atomic E-state index is 11.8. The van der Waals surface area contributed by atoms with Crippen LogP contribution in [0.4, 0.5) is 0 Å². The Labute approximate surface area is 134 Å². The molecule has 0 aliphatic rings. The number of hydrogen-bond donors (Lipinski definition) is 0. The fraction of sp³-hybridized carbons (Fsp3) is 0.350. The summed E-state index contributed by atoms with van der Waals surface area (Å²) in [5, 5.41) is 0. The molecule has 2 heteroatoms. The van der Waals surface area contributed by atoms with Crippen molar-refractivity contribution in [1.82, 2.24) is 0 Å². The Morgan fingerprint density at radius 2 is 1.27 bits per heavy atom. The van der Waals surface area contributed by atoms with Crippen LogP contribution in [0.15, 0.2) is 60.7 Å². The van der Waals surface area contributed by atoms with E-state index in [2.05, 4.69) is 0 Å². The third-order valence-electron chi connectivity index (χ3n) is 2.85. The van der Waals surface area contributed by atoms with Gasteiger partial charge in [0.25, 0.3) is 0 Å². The number of benzene rings is 2. The molecule has 0 heterocycles. The number of Topliss-reactive ketones (excluding diaryl/α,β-unsaturated/α-hetero) is 1. The van der Waals surface area contributed by atoms with E-state index in [1.807, 2.05) is 88.4 Å². The minimum Gasteiger partial charge on any atom is -0.376 e. The van der Waals surface area contributed by atoms with Gasteiger partial charge in [0.05, 0.1) is 12.2 Å². The summed E-state index contributed by atoms with van der Waals surface area (Å²) in [5.41, 5.74) is 1.84. The Morgan fingerprint density at radius 3 is 1.68 bits per heavy atom. The molecule has 22 heavy (non-hydrogen) atoms. The van der Waals surface area contributed by atoms with Crippen molar-refractivity contribution >= 4 is 5.78 Å². The van der Waals surface area contributed by atoms with Crippen molar-refractivity contribution < 1.29 is 9.53 Å². The van der Waals surface area contributed by atoms with E-state index < -0.39 is 0 Å². The summed E-state index contributed by atoms with van der Waals surface area (Å²) in [4.78, 5) is 11.8. The van der Waals surface area contributed by atoms with E-state index in [-0.39, 0.29) is 5.78 Å². The molecule has 0 aromatic heterocycles. The van der Waals surface area contributed by atoms with Gasteiger partial charge in [0, 0.05) is 12.0 Å². The number of hydrogen-bond acceptors (Lipinski definition) is 2. The summed E-state index contributed by atoms with van der Waals surface area (Å²) in [6.07, 6.45) is 1.23. The number of ether oxygens (including phenoxy) is 1. The Hall–Kier alpha value is -1.93. The lowest BCUT2D eigenvalue weighted by atomic mass is 10.0. The average molecular weight is 298 g/mol. The molecule has 0 aliphatic heterocycles. The molecule has 118 valence electrons. The molecule has 2 rings (SSSR count). The number of carbonyl (C=O) groups excluding carboxylic acids is 1. The van der Waals surface area contributed by atoms with Crippen LogP contribution in [0.25, 0.3) is 0 Å². The van der Waals surface area contributed by atoms with Crippen molar-refractivity contribution in [3.05, 3.63) is 71.8 Å². The van der Waals surface area contributed by atoms with E-state index in [0.29, 0.717) is 18.6 Å². The number of ketones is 1. The molecule has 0 aliphatic carbocycles. The standard InChI is InChI=1S/C14H12O.C6H14O/c15-14(13-9-5-2-6-10-13)11-12-7-3-1-4-8-12;1-5(2)7-6(3)4/h1-10H,11H2;5-6H,1-4H3. The predicted octanol–water partition coefficient (Wildman–Crippen LogP) is 4.93. The van der Waals surface area contributed by atoms with Crippen molar-refractivity contribution in [1.29, 1.82) is 0 Å². The number of carbonyl (C=O) groups is 1. The first kappa shape index (κ1) is 18.1. The second-order valence-electron chi connectivity index (χ2n) is 5.69. The SMILES string of the molecule is CC(C)OC(C)C.O=C(Cc1ccccc1)c1ccccc1. The van der Waals surface area contributed by atoms with Crippen molar-refractivity contribution in [2.24, 2.45) is 0 Å². The van der Waals surface area contributed by atoms with Gasteiger partial charge in [-0.25, -0.2) is 0 Å². The molecule has 0 bridgehead atoms. The van der Waals surface area contributed by atoms with Gasteiger partial charge < -0.3 is 4.74 Å². The highest BCUT2D eigenvalue weighted by Gasteiger charge is 2.05. The van der Waals surface area contributed by atoms with Gasteiger partial charge >= 0.3 is 0 Å². The molecule has 0 saturated heterocycles. The Morgan fingerprint density at radius 1 is 0.818 bits per heavy atom. The lowest BCUT2D eigenvalue weighted by molar-refractivity contribution is 0.0300. The molecular weight excluding hydrogens is 272 g/mol. The second kappa shape index (κ2) is 9.91. The zero-order valence-corrected chi connectivity index (χ0v) is 14.0. The molecule has 2 nitrogen and oxygen atoms in total. The van der Waals surface area contributed by atoms with Gasteiger partial charge in [-0.15, -0.1) is 0 Å². The molecule has 0 radical (unpaired) electrons. The van der Waals surface area contributed by atoms with Crippen molar-refractivity contribution in [2.45, 2.75) is 46.3 Å². The molecule has 0 fully saturated rings. The number of rotatable bonds is 5. The lowest BCUT2D eigenvalue weighted by Gasteiger charge is -2.09. The maximum Gasteiger partial charge on any atom is 0.167 e. The zero-order chi connectivity index (χ0) is 16.4. The first-order chi connectivity index (χ1) is 10.5. The lowest BCUT2D eigenvalue weighted by Crippen LogP contribution is -2.09. The van der Waals surface area contributed by atoms with Gasteiger partial charge in [0.2, 0.25) is 0 Å². The highest BCUT2D eigenvalue weighted by molar-refractivity contribution is 5.97. The van der Waals surface area contributed by atoms with Gasteiger partial charge in [0.15, 0.2) is 5.78 Å². The first-order valence-electron chi connectivity index (χ1n) is 7.76. The summed E-state index contributed by atoms with van der Waals surface area (Å²) in [6.45, 7) is 8.17. The summed E-state index contributed by atoms with van der Waals surface area (Å²) in [7, 11) is 0. The monoisotopic (exact) mass is 298 g/mol. The Kier molecular flexibility index (Phi) is 8.16. The summed E-state index contributed by atoms with van der Waals surface area (Å²) in [6, 6.07) is 19.2. The molecule has 2 aromatic carbocycles. The fourth-order valence-corrected chi connectivity index (χ4v) is 2.05. The van der Waals surface area contributed by atoms with Crippen LogP contribution >= 0.6 is 0 Å². The molecule has 0 N–H and O–H groups in total. The van der Waals surface area contributed by atoms with Crippen molar-refractivity contribution in [3.63, 3.8) is 0 Å². The quantitative estimate of drug-likeness (QED) is 0.731. The van der Waals surface area contributed by atoms with Gasteiger partial charge in [-0.05, 0) is 33.3 Å². The van der Waals surface area contributed by atoms with Crippen LogP contribution < -0.4 is 0 Å². The Balaban J connectivity index is 0.000000295. The molecule has 0 spiro atoms. The summed E-state index contributed by atoms with van der Waals surface area (Å²) >= 11 is 0. The van der Waals surface area contributed by atoms with E-state index in [0.717, 1.165) is 11.1 Å². The third-order valence-corrected chi connectivity index (χ3v) is 2.85. The molecule has 0 saturated carbocycles. The topological polar surface area (TPSA) is 26.3 Å². The van der Waals surface area contributed by atoms with Crippen LogP contribution in [0.3, 0.4) is 0 Å². The molecular formula is C20H26O2. The van der Waals surface area contributed by atoms with Gasteiger partial charge in [-0.1, -0.05) is 60.7 Å². The molecule has 0 atom stereocenters. The van der Waals surface area contributed by atoms with E-state index in [4.69, 9.17) is 4.74 Å². The van der Waals surface area contributed by atoms with Crippen molar-refractivity contribution in [3.8, 4) is 0 Å². The van der Waals surface area contributed by atoms with Crippen LogP contribution in [-0.2, 0) is 11.2 Å². The van der Waals surface area contributed by atoms with Crippen LogP contribution in [0.2, 0.25) is 0 Å². The highest BCUT2D eigenvalue weighted by atomic mass is 16.5. The van der Waals surface area contributed by atoms with E-state index in [9.17, 15) is 4.79 Å². The fourth-order valence-electron chi connectivity index (χ4n) is 2.05. The van der Waals surface area contributed by atoms with E-state index in [1.165, 1.54) is 0 Å². The van der Waals surface area contributed by atoms with Crippen LogP contribution in [0.1, 0.15) is 43.6 Å². The van der Waals surface area contributed by atoms with Crippen LogP contribution in [-0.4, -0.2) is 18.0 Å².